The van der Waals surface area contributed by atoms with E-state index in [0.29, 0.717) is 6.07 Å². The van der Waals surface area contributed by atoms with Gasteiger partial charge in [-0.05, 0) is 49.4 Å². The third-order valence-electron chi connectivity index (χ3n) is 5.17. The number of rotatable bonds is 0. The Balaban J connectivity index is 1.93. The first-order chi connectivity index (χ1) is 15.8. The van der Waals surface area contributed by atoms with E-state index in [1.807, 2.05) is 0 Å². The molecule has 34 heavy (non-hydrogen) atoms. The zero-order valence-corrected chi connectivity index (χ0v) is 17.0. The maximum Gasteiger partial charge on any atom is 0.426 e. The first kappa shape index (κ1) is 23.7. The van der Waals surface area contributed by atoms with Crippen molar-refractivity contribution in [3.8, 4) is 23.2 Å². The second-order valence-corrected chi connectivity index (χ2v) is 7.65. The Bertz CT molecular complexity index is 1230. The molecule has 0 spiro atoms. The van der Waals surface area contributed by atoms with Crippen LogP contribution >= 0.6 is 0 Å². The number of alkyl halides is 6. The van der Waals surface area contributed by atoms with Gasteiger partial charge in [0.05, 0.1) is 5.69 Å². The number of ether oxygens (including phenoxy) is 1. The first-order valence-corrected chi connectivity index (χ1v) is 9.76. The molecule has 0 saturated carbocycles. The topological polar surface area (TPSA) is 107 Å². The molecule has 2 aromatic heterocycles. The van der Waals surface area contributed by atoms with Crippen molar-refractivity contribution in [2.75, 3.05) is 5.73 Å². The Hall–Kier alpha value is -3.42. The molecule has 0 amide bonds. The van der Waals surface area contributed by atoms with Crippen molar-refractivity contribution in [2.24, 2.45) is 0 Å². The van der Waals surface area contributed by atoms with Gasteiger partial charge in [0.1, 0.15) is 17.1 Å². The zero-order valence-electron chi connectivity index (χ0n) is 17.0. The molecule has 14 heteroatoms. The average Bonchev–Trinajstić information content (AvgIpc) is 3.20. The lowest BCUT2D eigenvalue weighted by Crippen LogP contribution is -2.42. The number of nitrogens with two attached hydrogens (primary N) is 1. The molecule has 1 atom stereocenters. The van der Waals surface area contributed by atoms with E-state index in [0.717, 1.165) is 12.1 Å². The van der Waals surface area contributed by atoms with Gasteiger partial charge in [-0.1, -0.05) is 0 Å². The molecular formula is C20H15F7N4O3. The van der Waals surface area contributed by atoms with Gasteiger partial charge in [0.2, 0.25) is 11.5 Å². The molecule has 0 saturated heterocycles. The molecule has 1 aliphatic heterocycles. The molecule has 1 unspecified atom stereocenters. The van der Waals surface area contributed by atoms with E-state index in [-0.39, 0.29) is 30.6 Å². The lowest BCUT2D eigenvalue weighted by molar-refractivity contribution is -0.277. The number of aryl methyl sites for hydroxylation is 1. The third-order valence-corrected chi connectivity index (χ3v) is 5.17. The molecule has 0 radical (unpaired) electrons. The number of nitrogen functional groups attached to an aromatic ring is 1. The van der Waals surface area contributed by atoms with Crippen LogP contribution < -0.4 is 10.5 Å². The van der Waals surface area contributed by atoms with Crippen molar-refractivity contribution >= 4 is 5.69 Å². The number of pyridine rings is 1. The number of benzene rings is 1. The van der Waals surface area contributed by atoms with Crippen LogP contribution in [0.4, 0.5) is 36.4 Å². The van der Waals surface area contributed by atoms with Gasteiger partial charge in [0.15, 0.2) is 5.69 Å². The molecule has 3 aromatic rings. The minimum Gasteiger partial charge on any atom is -0.438 e. The van der Waals surface area contributed by atoms with Crippen molar-refractivity contribution < 1.29 is 45.0 Å². The van der Waals surface area contributed by atoms with Crippen molar-refractivity contribution in [3.05, 3.63) is 47.1 Å². The summed E-state index contributed by atoms with van der Waals surface area (Å²) in [6.07, 6.45) is -11.2. The van der Waals surface area contributed by atoms with E-state index in [1.54, 1.807) is 0 Å². The summed E-state index contributed by atoms with van der Waals surface area (Å²) in [5.74, 6) is -4.22. The van der Waals surface area contributed by atoms with E-state index < -0.39 is 64.8 Å². The SMILES string of the molecule is Nc1cc(C(F)(F)F)c2nc1-c1nnc(o1)C(O)(C(F)(F)F)CCCCc1cc(F)cc(c1)O2. The number of hydrogen-bond donors (Lipinski definition) is 2. The smallest absolute Gasteiger partial charge is 0.426 e. The van der Waals surface area contributed by atoms with Crippen LogP contribution in [-0.4, -0.2) is 26.5 Å². The fourth-order valence-corrected chi connectivity index (χ4v) is 3.47. The standard InChI is InChI=1S/C20H15F7N4O3/c21-10-5-9-3-1-2-4-18(32,20(25,26)27)17-31-30-16(34-17)14-13(28)8-12(19(22,23)24)15(29-14)33-11(6-9)7-10/h5-8,32H,1-4,28H2. The van der Waals surface area contributed by atoms with E-state index in [2.05, 4.69) is 15.2 Å². The molecular weight excluding hydrogens is 477 g/mol. The summed E-state index contributed by atoms with van der Waals surface area (Å²) >= 11 is 0. The molecule has 4 rings (SSSR count). The van der Waals surface area contributed by atoms with E-state index in [4.69, 9.17) is 14.9 Å². The maximum absolute atomic E-state index is 14.1. The largest absolute Gasteiger partial charge is 0.438 e. The van der Waals surface area contributed by atoms with Gasteiger partial charge >= 0.3 is 12.4 Å². The second-order valence-electron chi connectivity index (χ2n) is 7.65. The Labute approximate surface area is 186 Å². The molecule has 0 fully saturated rings. The van der Waals surface area contributed by atoms with Crippen LogP contribution in [0.25, 0.3) is 11.6 Å². The highest BCUT2D eigenvalue weighted by atomic mass is 19.4. The zero-order chi connectivity index (χ0) is 24.9. The van der Waals surface area contributed by atoms with Gasteiger partial charge in [-0.25, -0.2) is 9.37 Å². The number of anilines is 1. The summed E-state index contributed by atoms with van der Waals surface area (Å²) in [5, 5.41) is 17.0. The predicted octanol–water partition coefficient (Wildman–Crippen LogP) is 5.14. The monoisotopic (exact) mass is 492 g/mol. The predicted molar refractivity (Wildman–Crippen MR) is 101 cm³/mol. The third kappa shape index (κ3) is 4.36. The summed E-state index contributed by atoms with van der Waals surface area (Å²) in [6, 6.07) is 3.56. The minimum absolute atomic E-state index is 0.0453. The molecule has 3 N–H and O–H groups in total. The van der Waals surface area contributed by atoms with Gasteiger partial charge in [-0.15, -0.1) is 10.2 Å². The Kier molecular flexibility index (Phi) is 5.66. The van der Waals surface area contributed by atoms with Crippen LogP contribution in [0.2, 0.25) is 0 Å². The number of hydrogen-bond acceptors (Lipinski definition) is 7. The van der Waals surface area contributed by atoms with Gasteiger partial charge in [0, 0.05) is 6.07 Å². The average molecular weight is 492 g/mol. The summed E-state index contributed by atoms with van der Waals surface area (Å²) in [5.41, 5.74) is -0.331. The van der Waals surface area contributed by atoms with Crippen LogP contribution in [0.15, 0.2) is 28.7 Å². The summed E-state index contributed by atoms with van der Waals surface area (Å²) < 4.78 is 106. The summed E-state index contributed by atoms with van der Waals surface area (Å²) in [7, 11) is 0. The van der Waals surface area contributed by atoms with Crippen molar-refractivity contribution in [1.82, 2.24) is 15.2 Å². The Morgan fingerprint density at radius 3 is 2.41 bits per heavy atom. The van der Waals surface area contributed by atoms with Gasteiger partial charge in [0.25, 0.3) is 11.8 Å². The van der Waals surface area contributed by atoms with Gasteiger partial charge < -0.3 is 20.0 Å². The number of aliphatic hydroxyl groups is 1. The quantitative estimate of drug-likeness (QED) is 0.419. The summed E-state index contributed by atoms with van der Waals surface area (Å²) in [4.78, 5) is 3.64. The molecule has 1 aliphatic rings. The number of halogens is 7. The van der Waals surface area contributed by atoms with Crippen LogP contribution in [0.5, 0.6) is 11.6 Å². The normalized spacial score (nSPS) is 19.2. The number of aromatic nitrogens is 3. The fraction of sp³-hybridized carbons (Fsp3) is 0.350. The number of fused-ring (bicyclic) bond motifs is 7. The molecule has 7 nitrogen and oxygen atoms in total. The Morgan fingerprint density at radius 2 is 1.74 bits per heavy atom. The number of nitrogens with zero attached hydrogens (tertiary/aromatic N) is 3. The second kappa shape index (κ2) is 8.11. The highest BCUT2D eigenvalue weighted by molar-refractivity contribution is 5.68. The first-order valence-electron chi connectivity index (χ1n) is 9.76. The van der Waals surface area contributed by atoms with Crippen LogP contribution in [0.1, 0.15) is 36.3 Å². The Morgan fingerprint density at radius 1 is 1.00 bits per heavy atom. The molecule has 1 aromatic carbocycles. The van der Waals surface area contributed by atoms with Crippen molar-refractivity contribution in [2.45, 2.75) is 43.6 Å². The lowest BCUT2D eigenvalue weighted by Gasteiger charge is -2.26. The van der Waals surface area contributed by atoms with E-state index in [9.17, 15) is 35.8 Å². The van der Waals surface area contributed by atoms with E-state index >= 15 is 0 Å². The van der Waals surface area contributed by atoms with Gasteiger partial charge in [-0.2, -0.15) is 26.3 Å². The van der Waals surface area contributed by atoms with Gasteiger partial charge in [-0.3, -0.25) is 0 Å². The maximum atomic E-state index is 14.1. The molecule has 3 heterocycles. The van der Waals surface area contributed by atoms with Crippen LogP contribution in [0.3, 0.4) is 0 Å². The van der Waals surface area contributed by atoms with Crippen molar-refractivity contribution in [3.63, 3.8) is 0 Å². The van der Waals surface area contributed by atoms with Crippen LogP contribution in [0, 0.1) is 5.82 Å². The molecule has 182 valence electrons. The molecule has 0 aliphatic carbocycles. The minimum atomic E-state index is -5.22. The highest BCUT2D eigenvalue weighted by Gasteiger charge is 2.58. The van der Waals surface area contributed by atoms with Crippen molar-refractivity contribution in [1.29, 1.82) is 0 Å². The fourth-order valence-electron chi connectivity index (χ4n) is 3.47. The highest BCUT2D eigenvalue weighted by Crippen LogP contribution is 2.44. The molecule has 6 bridgehead atoms. The lowest BCUT2D eigenvalue weighted by atomic mass is 9.94. The summed E-state index contributed by atoms with van der Waals surface area (Å²) in [6.45, 7) is 0. The van der Waals surface area contributed by atoms with Crippen LogP contribution in [-0.2, 0) is 18.2 Å². The van der Waals surface area contributed by atoms with E-state index in [1.165, 1.54) is 6.07 Å².